The molecule has 0 aromatic carbocycles. The Balaban J connectivity index is 1.70. The second kappa shape index (κ2) is 4.77. The molecule has 3 unspecified atom stereocenters. The Labute approximate surface area is 135 Å². The van der Waals surface area contributed by atoms with E-state index in [9.17, 15) is 4.79 Å². The first-order chi connectivity index (χ1) is 10.5. The van der Waals surface area contributed by atoms with E-state index >= 15 is 0 Å². The molecule has 0 saturated carbocycles. The van der Waals surface area contributed by atoms with Crippen LogP contribution in [0, 0.1) is 0 Å². The molecule has 2 aliphatic heterocycles. The number of nitrogens with zero attached hydrogens (tertiary/aromatic N) is 5. The molecular formula is C13H16N6OS2. The molecule has 2 fully saturated rings. The van der Waals surface area contributed by atoms with Gasteiger partial charge in [-0.15, -0.1) is 28.2 Å². The molecule has 0 radical (unpaired) electrons. The highest BCUT2D eigenvalue weighted by atomic mass is 32.2. The minimum absolute atomic E-state index is 0.0150. The van der Waals surface area contributed by atoms with Crippen molar-refractivity contribution in [2.24, 2.45) is 5.73 Å². The summed E-state index contributed by atoms with van der Waals surface area (Å²) in [6, 6.07) is 3.51. The lowest BCUT2D eigenvalue weighted by Gasteiger charge is -2.42. The molecular weight excluding hydrogens is 320 g/mol. The van der Waals surface area contributed by atoms with Crippen molar-refractivity contribution in [2.45, 2.75) is 42.6 Å². The Morgan fingerprint density at radius 1 is 1.45 bits per heavy atom. The second-order valence-electron chi connectivity index (χ2n) is 6.06. The van der Waals surface area contributed by atoms with Crippen LogP contribution in [0.25, 0.3) is 0 Å². The number of nitrogens with two attached hydrogens (primary N) is 1. The van der Waals surface area contributed by atoms with E-state index in [1.54, 1.807) is 27.8 Å². The average Bonchev–Trinajstić information content (AvgIpc) is 3.18. The topological polar surface area (TPSA) is 89.9 Å². The van der Waals surface area contributed by atoms with Crippen LogP contribution in [0.4, 0.5) is 0 Å². The maximum absolute atomic E-state index is 12.2. The molecule has 0 aliphatic carbocycles. The van der Waals surface area contributed by atoms with E-state index < -0.39 is 6.04 Å². The summed E-state index contributed by atoms with van der Waals surface area (Å²) in [6.07, 6.45) is 0. The molecule has 3 atom stereocenters. The average molecular weight is 336 g/mol. The fourth-order valence-electron chi connectivity index (χ4n) is 3.13. The van der Waals surface area contributed by atoms with Gasteiger partial charge in [0, 0.05) is 9.62 Å². The van der Waals surface area contributed by atoms with E-state index in [1.807, 2.05) is 16.3 Å². The first-order valence-electron chi connectivity index (χ1n) is 7.03. The molecule has 7 nitrogen and oxygen atoms in total. The maximum Gasteiger partial charge on any atom is 0.244 e. The Morgan fingerprint density at radius 3 is 3.00 bits per heavy atom. The number of hydrogen-bond donors (Lipinski definition) is 1. The van der Waals surface area contributed by atoms with Gasteiger partial charge in [-0.3, -0.25) is 4.79 Å². The van der Waals surface area contributed by atoms with Crippen molar-refractivity contribution in [2.75, 3.05) is 0 Å². The smallest absolute Gasteiger partial charge is 0.244 e. The lowest BCUT2D eigenvalue weighted by Crippen LogP contribution is -2.65. The molecule has 2 aromatic heterocycles. The first-order valence-corrected chi connectivity index (χ1v) is 8.79. The SMILES string of the molecule is CC1(C)SC2C(N)C(=O)N2C1c1nnnn1Cc1cccs1. The molecule has 2 saturated heterocycles. The second-order valence-corrected chi connectivity index (χ2v) is 8.86. The molecule has 2 aliphatic rings. The summed E-state index contributed by atoms with van der Waals surface area (Å²) < 4.78 is 1.62. The normalized spacial score (nSPS) is 29.5. The van der Waals surface area contributed by atoms with Crippen LogP contribution in [-0.2, 0) is 11.3 Å². The number of amides is 1. The highest BCUT2D eigenvalue weighted by Crippen LogP contribution is 2.56. The van der Waals surface area contributed by atoms with E-state index in [1.165, 1.54) is 4.88 Å². The summed E-state index contributed by atoms with van der Waals surface area (Å²) in [5.41, 5.74) is 5.92. The van der Waals surface area contributed by atoms with Crippen molar-refractivity contribution in [3.05, 3.63) is 28.2 Å². The molecule has 1 amide bonds. The molecule has 9 heteroatoms. The zero-order valence-corrected chi connectivity index (χ0v) is 13.8. The van der Waals surface area contributed by atoms with Crippen molar-refractivity contribution < 1.29 is 4.79 Å². The Bertz CT molecular complexity index is 712. The monoisotopic (exact) mass is 336 g/mol. The minimum Gasteiger partial charge on any atom is -0.317 e. The number of aromatic nitrogens is 4. The summed E-state index contributed by atoms with van der Waals surface area (Å²) in [5, 5.41) is 14.2. The number of β-lactam (4-membered cyclic amide) rings is 1. The summed E-state index contributed by atoms with van der Waals surface area (Å²) >= 11 is 3.39. The van der Waals surface area contributed by atoms with E-state index in [4.69, 9.17) is 5.73 Å². The van der Waals surface area contributed by atoms with Gasteiger partial charge in [-0.1, -0.05) is 6.07 Å². The van der Waals surface area contributed by atoms with Crippen LogP contribution in [0.15, 0.2) is 17.5 Å². The van der Waals surface area contributed by atoms with Gasteiger partial charge in [0.1, 0.15) is 17.5 Å². The van der Waals surface area contributed by atoms with Crippen LogP contribution in [0.5, 0.6) is 0 Å². The number of thioether (sulfide) groups is 1. The van der Waals surface area contributed by atoms with Crippen LogP contribution in [-0.4, -0.2) is 47.2 Å². The quantitative estimate of drug-likeness (QED) is 0.836. The third-order valence-electron chi connectivity index (χ3n) is 4.17. The molecule has 22 heavy (non-hydrogen) atoms. The van der Waals surface area contributed by atoms with Crippen molar-refractivity contribution in [1.82, 2.24) is 25.1 Å². The third-order valence-corrected chi connectivity index (χ3v) is 6.63. The van der Waals surface area contributed by atoms with Gasteiger partial charge in [-0.25, -0.2) is 4.68 Å². The van der Waals surface area contributed by atoms with E-state index in [-0.39, 0.29) is 22.1 Å². The Kier molecular flexibility index (Phi) is 3.07. The Hall–Kier alpha value is -1.45. The number of fused-ring (bicyclic) bond motifs is 1. The van der Waals surface area contributed by atoms with E-state index in [0.717, 1.165) is 5.82 Å². The van der Waals surface area contributed by atoms with Crippen LogP contribution in [0.1, 0.15) is 30.6 Å². The van der Waals surface area contributed by atoms with Crippen molar-refractivity contribution >= 4 is 29.0 Å². The zero-order valence-electron chi connectivity index (χ0n) is 12.2. The van der Waals surface area contributed by atoms with Gasteiger partial charge in [0.2, 0.25) is 5.91 Å². The molecule has 2 aromatic rings. The zero-order chi connectivity index (χ0) is 15.5. The first kappa shape index (κ1) is 14.2. The molecule has 0 bridgehead atoms. The van der Waals surface area contributed by atoms with Gasteiger partial charge in [0.05, 0.1) is 6.54 Å². The number of thiophene rings is 1. The van der Waals surface area contributed by atoms with Gasteiger partial charge in [0.15, 0.2) is 5.82 Å². The standard InChI is InChI=1S/C13H16N6OS2/c1-13(2)9(19-11(20)8(14)12(19)22-13)10-15-16-17-18(10)6-7-4-3-5-21-7/h3-5,8-9,12H,6,14H2,1-2H3. The summed E-state index contributed by atoms with van der Waals surface area (Å²) in [5.74, 6) is 0.715. The number of tetrazole rings is 1. The van der Waals surface area contributed by atoms with Crippen LogP contribution in [0.2, 0.25) is 0 Å². The molecule has 0 spiro atoms. The molecule has 116 valence electrons. The largest absolute Gasteiger partial charge is 0.317 e. The van der Waals surface area contributed by atoms with Gasteiger partial charge >= 0.3 is 0 Å². The fraction of sp³-hybridized carbons (Fsp3) is 0.538. The lowest BCUT2D eigenvalue weighted by molar-refractivity contribution is -0.147. The highest BCUT2D eigenvalue weighted by molar-refractivity contribution is 8.01. The molecule has 4 heterocycles. The van der Waals surface area contributed by atoms with E-state index in [2.05, 4.69) is 35.4 Å². The number of carbonyl (C=O) groups excluding carboxylic acids is 1. The van der Waals surface area contributed by atoms with Crippen molar-refractivity contribution in [1.29, 1.82) is 0 Å². The van der Waals surface area contributed by atoms with Crippen LogP contribution >= 0.6 is 23.1 Å². The predicted octanol–water partition coefficient (Wildman–Crippen LogP) is 0.845. The van der Waals surface area contributed by atoms with Crippen molar-refractivity contribution in [3.63, 3.8) is 0 Å². The minimum atomic E-state index is -0.407. The van der Waals surface area contributed by atoms with Gasteiger partial charge in [0.25, 0.3) is 0 Å². The third kappa shape index (κ3) is 1.92. The summed E-state index contributed by atoms with van der Waals surface area (Å²) in [7, 11) is 0. The van der Waals surface area contributed by atoms with Crippen LogP contribution in [0.3, 0.4) is 0 Å². The van der Waals surface area contributed by atoms with Gasteiger partial charge in [-0.2, -0.15) is 0 Å². The van der Waals surface area contributed by atoms with Crippen molar-refractivity contribution in [3.8, 4) is 0 Å². The van der Waals surface area contributed by atoms with Gasteiger partial charge in [-0.05, 0) is 35.7 Å². The number of hydrogen-bond acceptors (Lipinski definition) is 7. The highest BCUT2D eigenvalue weighted by Gasteiger charge is 2.61. The summed E-state index contributed by atoms with van der Waals surface area (Å²) in [6.45, 7) is 4.85. The van der Waals surface area contributed by atoms with E-state index in [0.29, 0.717) is 6.54 Å². The fourth-order valence-corrected chi connectivity index (χ4v) is 5.39. The Morgan fingerprint density at radius 2 is 2.27 bits per heavy atom. The molecule has 4 rings (SSSR count). The number of carbonyl (C=O) groups is 1. The predicted molar refractivity (Wildman–Crippen MR) is 84.3 cm³/mol. The maximum atomic E-state index is 12.2. The number of rotatable bonds is 3. The summed E-state index contributed by atoms with van der Waals surface area (Å²) in [4.78, 5) is 15.2. The van der Waals surface area contributed by atoms with Gasteiger partial charge < -0.3 is 10.6 Å². The lowest BCUT2D eigenvalue weighted by atomic mass is 9.95. The van der Waals surface area contributed by atoms with Crippen LogP contribution < -0.4 is 5.73 Å². The molecule has 2 N–H and O–H groups in total.